The lowest BCUT2D eigenvalue weighted by atomic mass is 9.84. The zero-order valence-corrected chi connectivity index (χ0v) is 18.5. The molecule has 0 bridgehead atoms. The van der Waals surface area contributed by atoms with E-state index in [0.717, 1.165) is 36.8 Å². The van der Waals surface area contributed by atoms with Crippen molar-refractivity contribution in [2.45, 2.75) is 39.2 Å². The van der Waals surface area contributed by atoms with Crippen LogP contribution in [0.25, 0.3) is 0 Å². The first-order valence-corrected chi connectivity index (χ1v) is 11.1. The van der Waals surface area contributed by atoms with Gasteiger partial charge < -0.3 is 15.4 Å². The van der Waals surface area contributed by atoms with Crippen LogP contribution in [0.4, 0.5) is 0 Å². The number of hydrogen-bond acceptors (Lipinski definition) is 6. The number of likely N-dealkylation sites (tertiary alicyclic amines) is 1. The molecule has 1 aromatic carbocycles. The summed E-state index contributed by atoms with van der Waals surface area (Å²) < 4.78 is 5.38. The lowest BCUT2D eigenvalue weighted by molar-refractivity contribution is -0.161. The van der Waals surface area contributed by atoms with Crippen LogP contribution < -0.4 is 5.73 Å². The second-order valence-corrected chi connectivity index (χ2v) is 8.51. The Labute approximate surface area is 189 Å². The number of aryl methyl sites for hydroxylation is 1. The normalized spacial score (nSPS) is 18.1. The number of ketones is 1. The summed E-state index contributed by atoms with van der Waals surface area (Å²) in [4.78, 5) is 44.4. The number of hydrogen-bond donors (Lipinski definition) is 1. The van der Waals surface area contributed by atoms with E-state index in [4.69, 9.17) is 10.5 Å². The first kappa shape index (κ1) is 23.6. The highest BCUT2D eigenvalue weighted by Gasteiger charge is 2.43. The van der Waals surface area contributed by atoms with Crippen molar-refractivity contribution >= 4 is 17.7 Å². The Kier molecular flexibility index (Phi) is 8.11. The van der Waals surface area contributed by atoms with Gasteiger partial charge in [-0.3, -0.25) is 19.4 Å². The first-order chi connectivity index (χ1) is 15.4. The van der Waals surface area contributed by atoms with E-state index in [1.807, 2.05) is 42.5 Å². The molecule has 2 heterocycles. The number of rotatable bonds is 10. The molecule has 0 spiro atoms. The summed E-state index contributed by atoms with van der Waals surface area (Å²) in [5, 5.41) is 0. The maximum absolute atomic E-state index is 13.1. The number of aromatic nitrogens is 1. The molecule has 32 heavy (non-hydrogen) atoms. The minimum Gasteiger partial charge on any atom is -0.460 e. The number of ether oxygens (including phenoxy) is 1. The lowest BCUT2D eigenvalue weighted by Crippen LogP contribution is -2.51. The van der Waals surface area contributed by atoms with E-state index in [0.29, 0.717) is 6.54 Å². The lowest BCUT2D eigenvalue weighted by Gasteiger charge is -2.34. The summed E-state index contributed by atoms with van der Waals surface area (Å²) in [6.07, 6.45) is 6.63. The molecule has 1 aromatic heterocycles. The Balaban J connectivity index is 1.57. The third-order valence-corrected chi connectivity index (χ3v) is 6.19. The summed E-state index contributed by atoms with van der Waals surface area (Å²) in [6, 6.07) is 13.2. The molecule has 1 aliphatic heterocycles. The average molecular weight is 438 g/mol. The molecule has 2 atom stereocenters. The number of pyridine rings is 1. The summed E-state index contributed by atoms with van der Waals surface area (Å²) in [7, 11) is 0. The smallest absolute Gasteiger partial charge is 0.321 e. The molecule has 1 unspecified atom stereocenters. The van der Waals surface area contributed by atoms with Crippen molar-refractivity contribution in [3.8, 4) is 0 Å². The fourth-order valence-corrected chi connectivity index (χ4v) is 3.88. The minimum atomic E-state index is -1.49. The van der Waals surface area contributed by atoms with Crippen molar-refractivity contribution in [1.29, 1.82) is 0 Å². The minimum absolute atomic E-state index is 0.0318. The van der Waals surface area contributed by atoms with Gasteiger partial charge in [0, 0.05) is 31.4 Å². The molecule has 1 aliphatic rings. The van der Waals surface area contributed by atoms with Gasteiger partial charge in [0.25, 0.3) is 0 Å². The van der Waals surface area contributed by atoms with E-state index in [2.05, 4.69) is 4.98 Å². The van der Waals surface area contributed by atoms with Crippen LogP contribution in [0.1, 0.15) is 37.3 Å². The first-order valence-electron chi connectivity index (χ1n) is 11.1. The van der Waals surface area contributed by atoms with E-state index < -0.39 is 11.4 Å². The number of Topliss-reactive ketones (excluding diaryl/α,β-unsaturated/α-hetero) is 1. The van der Waals surface area contributed by atoms with Gasteiger partial charge in [-0.15, -0.1) is 0 Å². The second kappa shape index (κ2) is 11.0. The summed E-state index contributed by atoms with van der Waals surface area (Å²) in [6.45, 7) is 1.78. The standard InChI is InChI=1S/C25H31N3O4/c1-25(18-26,24(31)32-17-20-6-3-2-4-7-20)22(29)16-28-15-5-8-21(23(28)30)10-9-19-11-13-27-14-12-19/h2-4,6-7,11-14,21H,5,8-10,15-18,26H2,1H3/t21?,25-/m1/s1. The van der Waals surface area contributed by atoms with Crippen LogP contribution in [-0.2, 0) is 32.1 Å². The molecule has 7 nitrogen and oxygen atoms in total. The molecule has 1 saturated heterocycles. The number of nitrogens with zero attached hydrogens (tertiary/aromatic N) is 2. The number of nitrogens with two attached hydrogens (primary N) is 1. The topological polar surface area (TPSA) is 103 Å². The maximum Gasteiger partial charge on any atom is 0.321 e. The Morgan fingerprint density at radius 2 is 1.88 bits per heavy atom. The zero-order valence-electron chi connectivity index (χ0n) is 18.5. The highest BCUT2D eigenvalue weighted by Crippen LogP contribution is 2.25. The Morgan fingerprint density at radius 1 is 1.16 bits per heavy atom. The maximum atomic E-state index is 13.1. The molecule has 0 aliphatic carbocycles. The van der Waals surface area contributed by atoms with Gasteiger partial charge in [-0.05, 0) is 55.9 Å². The van der Waals surface area contributed by atoms with Gasteiger partial charge in [-0.2, -0.15) is 0 Å². The van der Waals surface area contributed by atoms with Crippen LogP contribution in [-0.4, -0.2) is 47.2 Å². The number of benzene rings is 1. The third kappa shape index (κ3) is 5.79. The molecular weight excluding hydrogens is 406 g/mol. The van der Waals surface area contributed by atoms with Gasteiger partial charge in [0.05, 0.1) is 6.54 Å². The predicted octanol–water partition coefficient (Wildman–Crippen LogP) is 2.53. The van der Waals surface area contributed by atoms with Crippen LogP contribution in [0.2, 0.25) is 0 Å². The fourth-order valence-electron chi connectivity index (χ4n) is 3.88. The molecule has 170 valence electrons. The quantitative estimate of drug-likeness (QED) is 0.453. The molecule has 1 fully saturated rings. The second-order valence-electron chi connectivity index (χ2n) is 8.51. The molecule has 2 N–H and O–H groups in total. The van der Waals surface area contributed by atoms with Crippen LogP contribution in [0.15, 0.2) is 54.9 Å². The molecule has 3 rings (SSSR count). The van der Waals surface area contributed by atoms with Gasteiger partial charge in [-0.25, -0.2) is 0 Å². The van der Waals surface area contributed by atoms with Gasteiger partial charge in [0.2, 0.25) is 5.91 Å². The fraction of sp³-hybridized carbons (Fsp3) is 0.440. The van der Waals surface area contributed by atoms with Crippen LogP contribution in [0, 0.1) is 11.3 Å². The summed E-state index contributed by atoms with van der Waals surface area (Å²) >= 11 is 0. The zero-order chi connectivity index (χ0) is 23.0. The Bertz CT molecular complexity index is 919. The van der Waals surface area contributed by atoms with Gasteiger partial charge in [0.1, 0.15) is 12.0 Å². The van der Waals surface area contributed by atoms with Crippen molar-refractivity contribution in [2.75, 3.05) is 19.6 Å². The number of piperidine rings is 1. The average Bonchev–Trinajstić information content (AvgIpc) is 2.83. The molecule has 7 heteroatoms. The molecule has 0 radical (unpaired) electrons. The SMILES string of the molecule is C[C@@](CN)(C(=O)CN1CCCC(CCc2ccncc2)C1=O)C(=O)OCc1ccccc1. The molecular formula is C25H31N3O4. The summed E-state index contributed by atoms with van der Waals surface area (Å²) in [5.41, 5.74) is 6.31. The monoisotopic (exact) mass is 437 g/mol. The van der Waals surface area contributed by atoms with Gasteiger partial charge in [-0.1, -0.05) is 30.3 Å². The highest BCUT2D eigenvalue weighted by molar-refractivity contribution is 6.05. The molecule has 2 aromatic rings. The Hall–Kier alpha value is -3.06. The van der Waals surface area contributed by atoms with Crippen molar-refractivity contribution in [3.63, 3.8) is 0 Å². The number of carbonyl (C=O) groups is 3. The van der Waals surface area contributed by atoms with Crippen molar-refractivity contribution < 1.29 is 19.1 Å². The van der Waals surface area contributed by atoms with E-state index in [1.165, 1.54) is 6.92 Å². The van der Waals surface area contributed by atoms with Crippen molar-refractivity contribution in [1.82, 2.24) is 9.88 Å². The van der Waals surface area contributed by atoms with E-state index in [9.17, 15) is 14.4 Å². The predicted molar refractivity (Wildman–Crippen MR) is 120 cm³/mol. The van der Waals surface area contributed by atoms with Crippen molar-refractivity contribution in [2.24, 2.45) is 17.1 Å². The van der Waals surface area contributed by atoms with Crippen LogP contribution in [0.5, 0.6) is 0 Å². The van der Waals surface area contributed by atoms with Gasteiger partial charge in [0.15, 0.2) is 5.78 Å². The Morgan fingerprint density at radius 3 is 2.56 bits per heavy atom. The van der Waals surface area contributed by atoms with E-state index in [-0.39, 0.29) is 37.3 Å². The number of carbonyl (C=O) groups excluding carboxylic acids is 3. The van der Waals surface area contributed by atoms with Crippen LogP contribution >= 0.6 is 0 Å². The van der Waals surface area contributed by atoms with Crippen molar-refractivity contribution in [3.05, 3.63) is 66.0 Å². The van der Waals surface area contributed by atoms with Crippen LogP contribution in [0.3, 0.4) is 0 Å². The van der Waals surface area contributed by atoms with Gasteiger partial charge >= 0.3 is 5.97 Å². The van der Waals surface area contributed by atoms with E-state index >= 15 is 0 Å². The number of esters is 1. The van der Waals surface area contributed by atoms with E-state index in [1.54, 1.807) is 17.3 Å². The molecule has 0 saturated carbocycles. The third-order valence-electron chi connectivity index (χ3n) is 6.19. The molecule has 1 amide bonds. The number of amides is 1. The summed E-state index contributed by atoms with van der Waals surface area (Å²) in [5.74, 6) is -1.21. The highest BCUT2D eigenvalue weighted by atomic mass is 16.5. The largest absolute Gasteiger partial charge is 0.460 e.